The van der Waals surface area contributed by atoms with Crippen molar-refractivity contribution < 1.29 is 4.74 Å². The molecular weight excluding hydrogens is 214 g/mol. The van der Waals surface area contributed by atoms with Crippen LogP contribution in [0.2, 0.25) is 0 Å². The highest BCUT2D eigenvalue weighted by Crippen LogP contribution is 2.23. The summed E-state index contributed by atoms with van der Waals surface area (Å²) < 4.78 is 5.64. The van der Waals surface area contributed by atoms with Crippen molar-refractivity contribution in [2.45, 2.75) is 20.8 Å². The second-order valence-electron chi connectivity index (χ2n) is 4.03. The van der Waals surface area contributed by atoms with Crippen LogP contribution in [0.1, 0.15) is 17.0 Å². The van der Waals surface area contributed by atoms with Crippen LogP contribution in [0, 0.1) is 20.8 Å². The van der Waals surface area contributed by atoms with Crippen molar-refractivity contribution in [1.29, 1.82) is 0 Å². The van der Waals surface area contributed by atoms with E-state index in [1.807, 2.05) is 25.1 Å². The molecule has 4 heteroatoms. The van der Waals surface area contributed by atoms with Crippen molar-refractivity contribution in [1.82, 2.24) is 9.97 Å². The molecule has 0 aliphatic heterocycles. The van der Waals surface area contributed by atoms with Gasteiger partial charge in [0.2, 0.25) is 5.88 Å². The van der Waals surface area contributed by atoms with E-state index < -0.39 is 0 Å². The van der Waals surface area contributed by atoms with E-state index in [2.05, 4.69) is 16.9 Å². The van der Waals surface area contributed by atoms with Crippen LogP contribution in [0.25, 0.3) is 0 Å². The van der Waals surface area contributed by atoms with Crippen LogP contribution in [0.4, 0.5) is 5.82 Å². The highest BCUT2D eigenvalue weighted by atomic mass is 16.5. The number of nitrogens with zero attached hydrogens (tertiary/aromatic N) is 2. The first-order valence-corrected chi connectivity index (χ1v) is 5.41. The summed E-state index contributed by atoms with van der Waals surface area (Å²) in [5.41, 5.74) is 8.05. The maximum atomic E-state index is 5.64. The lowest BCUT2D eigenvalue weighted by Crippen LogP contribution is -1.98. The highest BCUT2D eigenvalue weighted by molar-refractivity contribution is 5.38. The third-order valence-corrected chi connectivity index (χ3v) is 2.54. The Morgan fingerprint density at radius 2 is 1.76 bits per heavy atom. The van der Waals surface area contributed by atoms with Gasteiger partial charge in [-0.25, -0.2) is 4.98 Å². The number of nitrogen functional groups attached to an aromatic ring is 1. The van der Waals surface area contributed by atoms with E-state index >= 15 is 0 Å². The SMILES string of the molecule is Cc1nc(N)cc(Oc2ccc(C)c(C)c2)n1. The fourth-order valence-corrected chi connectivity index (χ4v) is 1.51. The lowest BCUT2D eigenvalue weighted by molar-refractivity contribution is 0.460. The summed E-state index contributed by atoms with van der Waals surface area (Å²) >= 11 is 0. The molecule has 0 fully saturated rings. The predicted octanol–water partition coefficient (Wildman–Crippen LogP) is 2.78. The van der Waals surface area contributed by atoms with Crippen molar-refractivity contribution in [2.75, 3.05) is 5.73 Å². The average Bonchev–Trinajstić information content (AvgIpc) is 2.22. The Bertz CT molecular complexity index is 532. The van der Waals surface area contributed by atoms with Gasteiger partial charge in [0.05, 0.1) is 0 Å². The van der Waals surface area contributed by atoms with Crippen molar-refractivity contribution >= 4 is 5.82 Å². The Kier molecular flexibility index (Phi) is 2.95. The van der Waals surface area contributed by atoms with Gasteiger partial charge in [-0.05, 0) is 44.0 Å². The Hall–Kier alpha value is -2.10. The Balaban J connectivity index is 2.28. The fourth-order valence-electron chi connectivity index (χ4n) is 1.51. The van der Waals surface area contributed by atoms with Gasteiger partial charge in [0.1, 0.15) is 17.4 Å². The molecule has 0 saturated heterocycles. The zero-order chi connectivity index (χ0) is 12.4. The van der Waals surface area contributed by atoms with Crippen molar-refractivity contribution in [2.24, 2.45) is 0 Å². The van der Waals surface area contributed by atoms with Crippen LogP contribution in [-0.4, -0.2) is 9.97 Å². The topological polar surface area (TPSA) is 61.0 Å². The summed E-state index contributed by atoms with van der Waals surface area (Å²) in [6.07, 6.45) is 0. The molecule has 0 aliphatic rings. The van der Waals surface area contributed by atoms with Gasteiger partial charge in [-0.3, -0.25) is 0 Å². The molecule has 1 heterocycles. The first kappa shape index (κ1) is 11.4. The molecule has 2 N–H and O–H groups in total. The van der Waals surface area contributed by atoms with Gasteiger partial charge in [-0.2, -0.15) is 4.98 Å². The Morgan fingerprint density at radius 3 is 2.41 bits per heavy atom. The molecule has 4 nitrogen and oxygen atoms in total. The highest BCUT2D eigenvalue weighted by Gasteiger charge is 2.03. The number of aryl methyl sites for hydroxylation is 3. The number of hydrogen-bond donors (Lipinski definition) is 1. The molecule has 0 spiro atoms. The van der Waals surface area contributed by atoms with Crippen molar-refractivity contribution in [3.8, 4) is 11.6 Å². The standard InChI is InChI=1S/C13H15N3O/c1-8-4-5-11(6-9(8)2)17-13-7-12(14)15-10(3)16-13/h4-7H,1-3H3,(H2,14,15,16). The van der Waals surface area contributed by atoms with Crippen LogP contribution in [0.5, 0.6) is 11.6 Å². The minimum atomic E-state index is 0.413. The zero-order valence-corrected chi connectivity index (χ0v) is 10.2. The van der Waals surface area contributed by atoms with Crippen LogP contribution >= 0.6 is 0 Å². The largest absolute Gasteiger partial charge is 0.439 e. The number of ether oxygens (including phenoxy) is 1. The molecule has 0 atom stereocenters. The average molecular weight is 229 g/mol. The molecule has 0 saturated carbocycles. The summed E-state index contributed by atoms with van der Waals surface area (Å²) in [4.78, 5) is 8.16. The normalized spacial score (nSPS) is 10.3. The number of anilines is 1. The molecule has 17 heavy (non-hydrogen) atoms. The van der Waals surface area contributed by atoms with E-state index in [0.717, 1.165) is 5.75 Å². The van der Waals surface area contributed by atoms with Crippen LogP contribution in [0.3, 0.4) is 0 Å². The molecule has 0 aliphatic carbocycles. The quantitative estimate of drug-likeness (QED) is 0.860. The fraction of sp³-hybridized carbons (Fsp3) is 0.231. The van der Waals surface area contributed by atoms with E-state index in [9.17, 15) is 0 Å². The lowest BCUT2D eigenvalue weighted by Gasteiger charge is -2.07. The van der Waals surface area contributed by atoms with Crippen molar-refractivity contribution in [3.05, 3.63) is 41.2 Å². The number of hydrogen-bond acceptors (Lipinski definition) is 4. The Labute approximate surface area is 100 Å². The second kappa shape index (κ2) is 4.41. The van der Waals surface area contributed by atoms with Crippen LogP contribution in [-0.2, 0) is 0 Å². The molecule has 0 unspecified atom stereocenters. The van der Waals surface area contributed by atoms with Crippen molar-refractivity contribution in [3.63, 3.8) is 0 Å². The molecule has 0 amide bonds. The second-order valence-corrected chi connectivity index (χ2v) is 4.03. The molecule has 0 bridgehead atoms. The minimum Gasteiger partial charge on any atom is -0.439 e. The molecule has 0 radical (unpaired) electrons. The monoisotopic (exact) mass is 229 g/mol. The predicted molar refractivity (Wildman–Crippen MR) is 67.2 cm³/mol. The summed E-state index contributed by atoms with van der Waals surface area (Å²) in [5, 5.41) is 0. The molecule has 2 aromatic rings. The van der Waals surface area contributed by atoms with E-state index in [-0.39, 0.29) is 0 Å². The molecule has 1 aromatic heterocycles. The third kappa shape index (κ3) is 2.72. The van der Waals surface area contributed by atoms with Crippen LogP contribution in [0.15, 0.2) is 24.3 Å². The number of nitrogens with two attached hydrogens (primary N) is 1. The van der Waals surface area contributed by atoms with E-state index in [1.165, 1.54) is 11.1 Å². The number of rotatable bonds is 2. The maximum absolute atomic E-state index is 5.64. The van der Waals surface area contributed by atoms with Gasteiger partial charge in [0.15, 0.2) is 0 Å². The first-order chi connectivity index (χ1) is 8.04. The van der Waals surface area contributed by atoms with E-state index in [1.54, 1.807) is 13.0 Å². The van der Waals surface area contributed by atoms with E-state index in [0.29, 0.717) is 17.5 Å². The van der Waals surface area contributed by atoms with E-state index in [4.69, 9.17) is 10.5 Å². The molecule has 1 aromatic carbocycles. The minimum absolute atomic E-state index is 0.413. The molecule has 2 rings (SSSR count). The van der Waals surface area contributed by atoms with Crippen LogP contribution < -0.4 is 10.5 Å². The number of aromatic nitrogens is 2. The van der Waals surface area contributed by atoms with Gasteiger partial charge >= 0.3 is 0 Å². The lowest BCUT2D eigenvalue weighted by atomic mass is 10.1. The maximum Gasteiger partial charge on any atom is 0.224 e. The molecular formula is C13H15N3O. The molecule has 88 valence electrons. The summed E-state index contributed by atoms with van der Waals surface area (Å²) in [5.74, 6) is 2.24. The summed E-state index contributed by atoms with van der Waals surface area (Å²) in [6, 6.07) is 7.52. The first-order valence-electron chi connectivity index (χ1n) is 5.41. The number of benzene rings is 1. The van der Waals surface area contributed by atoms with Gasteiger partial charge in [-0.1, -0.05) is 6.07 Å². The Morgan fingerprint density at radius 1 is 1.00 bits per heavy atom. The third-order valence-electron chi connectivity index (χ3n) is 2.54. The van der Waals surface area contributed by atoms with Gasteiger partial charge in [0.25, 0.3) is 0 Å². The summed E-state index contributed by atoms with van der Waals surface area (Å²) in [7, 11) is 0. The van der Waals surface area contributed by atoms with Gasteiger partial charge in [0, 0.05) is 6.07 Å². The smallest absolute Gasteiger partial charge is 0.224 e. The summed E-state index contributed by atoms with van der Waals surface area (Å²) in [6.45, 7) is 5.89. The van der Waals surface area contributed by atoms with Gasteiger partial charge in [-0.15, -0.1) is 0 Å². The van der Waals surface area contributed by atoms with Gasteiger partial charge < -0.3 is 10.5 Å². The zero-order valence-electron chi connectivity index (χ0n) is 10.2.